The van der Waals surface area contributed by atoms with Gasteiger partial charge in [0.1, 0.15) is 6.07 Å². The van der Waals surface area contributed by atoms with Crippen LogP contribution < -0.4 is 19.7 Å². The Hall–Kier alpha value is -2.72. The number of nitrogens with zero attached hydrogens (tertiary/aromatic N) is 2. The van der Waals surface area contributed by atoms with E-state index in [-0.39, 0.29) is 5.69 Å². The third kappa shape index (κ3) is 4.67. The van der Waals surface area contributed by atoms with Gasteiger partial charge in [0.25, 0.3) is 0 Å². The molecule has 1 aromatic heterocycles. The van der Waals surface area contributed by atoms with Crippen LogP contribution in [0.15, 0.2) is 22.6 Å². The molecule has 0 amide bonds. The summed E-state index contributed by atoms with van der Waals surface area (Å²) in [6.45, 7) is 8.42. The zero-order chi connectivity index (χ0) is 18.9. The Morgan fingerprint density at radius 1 is 1.19 bits per heavy atom. The number of methoxy groups -OCH3 is 2. The van der Waals surface area contributed by atoms with Gasteiger partial charge in [-0.3, -0.25) is 0 Å². The van der Waals surface area contributed by atoms with E-state index in [2.05, 4.69) is 30.2 Å². The van der Waals surface area contributed by atoms with Gasteiger partial charge in [0, 0.05) is 18.5 Å². The number of quaternary nitrogens is 1. The van der Waals surface area contributed by atoms with Crippen molar-refractivity contribution < 1.29 is 18.8 Å². The highest BCUT2D eigenvalue weighted by Crippen LogP contribution is 2.33. The minimum atomic E-state index is 0.255. The van der Waals surface area contributed by atoms with Crippen molar-refractivity contribution >= 4 is 5.88 Å². The van der Waals surface area contributed by atoms with E-state index in [1.54, 1.807) is 31.3 Å². The number of nitriles is 1. The van der Waals surface area contributed by atoms with Crippen LogP contribution in [0, 0.1) is 11.3 Å². The number of rotatable bonds is 10. The SMILES string of the molecule is CC[NH+](CC)CCCNc1oc(-c2ccc(OC)c(OC)c2)nc1C#N. The first-order chi connectivity index (χ1) is 12.7. The monoisotopic (exact) mass is 359 g/mol. The standard InChI is InChI=1S/C19H26N4O3/c1-5-23(6-2)11-7-10-21-19-15(13-20)22-18(26-19)14-8-9-16(24-3)17(12-14)25-4/h8-9,12,21H,5-7,10-11H2,1-4H3/p+1. The molecule has 0 spiro atoms. The highest BCUT2D eigenvalue weighted by atomic mass is 16.5. The Morgan fingerprint density at radius 2 is 1.92 bits per heavy atom. The third-order valence-electron chi connectivity index (χ3n) is 4.36. The number of aromatic nitrogens is 1. The van der Waals surface area contributed by atoms with Crippen molar-refractivity contribution in [3.8, 4) is 29.0 Å². The first-order valence-corrected chi connectivity index (χ1v) is 8.87. The van der Waals surface area contributed by atoms with Gasteiger partial charge in [-0.1, -0.05) is 0 Å². The van der Waals surface area contributed by atoms with E-state index >= 15 is 0 Å². The van der Waals surface area contributed by atoms with Crippen molar-refractivity contribution in [2.24, 2.45) is 0 Å². The molecule has 2 rings (SSSR count). The fraction of sp³-hybridized carbons (Fsp3) is 0.474. The summed E-state index contributed by atoms with van der Waals surface area (Å²) < 4.78 is 16.3. The number of hydrogen-bond acceptors (Lipinski definition) is 6. The van der Waals surface area contributed by atoms with Gasteiger partial charge in [-0.05, 0) is 32.0 Å². The molecule has 7 heteroatoms. The van der Waals surface area contributed by atoms with Crippen LogP contribution in [0.4, 0.5) is 5.88 Å². The predicted molar refractivity (Wildman–Crippen MR) is 99.8 cm³/mol. The molecule has 7 nitrogen and oxygen atoms in total. The molecule has 0 bridgehead atoms. The Labute approximate surface area is 154 Å². The van der Waals surface area contributed by atoms with E-state index in [0.29, 0.717) is 23.3 Å². The van der Waals surface area contributed by atoms with Gasteiger partial charge in [0.05, 0.1) is 33.9 Å². The van der Waals surface area contributed by atoms with Gasteiger partial charge >= 0.3 is 0 Å². The van der Waals surface area contributed by atoms with Crippen molar-refractivity contribution in [1.29, 1.82) is 5.26 Å². The quantitative estimate of drug-likeness (QED) is 0.631. The van der Waals surface area contributed by atoms with Gasteiger partial charge in [-0.2, -0.15) is 10.2 Å². The highest BCUT2D eigenvalue weighted by molar-refractivity contribution is 5.63. The minimum absolute atomic E-state index is 0.255. The lowest BCUT2D eigenvalue weighted by atomic mass is 10.2. The predicted octanol–water partition coefficient (Wildman–Crippen LogP) is 1.96. The van der Waals surface area contributed by atoms with Crippen LogP contribution in [0.25, 0.3) is 11.5 Å². The second-order valence-corrected chi connectivity index (χ2v) is 5.87. The number of hydrogen-bond donors (Lipinski definition) is 2. The third-order valence-corrected chi connectivity index (χ3v) is 4.36. The van der Waals surface area contributed by atoms with E-state index in [9.17, 15) is 5.26 Å². The summed E-state index contributed by atoms with van der Waals surface area (Å²) in [4.78, 5) is 5.84. The molecule has 1 aromatic carbocycles. The smallest absolute Gasteiger partial charge is 0.232 e. The molecule has 0 saturated heterocycles. The van der Waals surface area contributed by atoms with Crippen LogP contribution >= 0.6 is 0 Å². The largest absolute Gasteiger partial charge is 0.493 e. The van der Waals surface area contributed by atoms with Crippen molar-refractivity contribution in [3.63, 3.8) is 0 Å². The van der Waals surface area contributed by atoms with Crippen LogP contribution in [0.2, 0.25) is 0 Å². The lowest BCUT2D eigenvalue weighted by molar-refractivity contribution is -0.896. The first kappa shape index (κ1) is 19.6. The molecule has 0 aliphatic rings. The molecule has 0 aliphatic heterocycles. The molecular formula is C19H27N4O3+. The van der Waals surface area contributed by atoms with Crippen LogP contribution in [-0.2, 0) is 0 Å². The maximum Gasteiger partial charge on any atom is 0.232 e. The average molecular weight is 359 g/mol. The Morgan fingerprint density at radius 3 is 2.54 bits per heavy atom. The van der Waals surface area contributed by atoms with Gasteiger partial charge in [-0.15, -0.1) is 0 Å². The number of benzene rings is 1. The van der Waals surface area contributed by atoms with Crippen molar-refractivity contribution in [2.75, 3.05) is 45.7 Å². The van der Waals surface area contributed by atoms with Crippen molar-refractivity contribution in [1.82, 2.24) is 4.98 Å². The molecule has 26 heavy (non-hydrogen) atoms. The number of anilines is 1. The van der Waals surface area contributed by atoms with Crippen molar-refractivity contribution in [3.05, 3.63) is 23.9 Å². The summed E-state index contributed by atoms with van der Waals surface area (Å²) in [6.07, 6.45) is 0.994. The molecule has 0 fully saturated rings. The Balaban J connectivity index is 2.10. The molecule has 0 radical (unpaired) electrons. The Kier molecular flexibility index (Phi) is 7.30. The number of ether oxygens (including phenoxy) is 2. The first-order valence-electron chi connectivity index (χ1n) is 8.87. The summed E-state index contributed by atoms with van der Waals surface area (Å²) in [5.74, 6) is 1.99. The second kappa shape index (κ2) is 9.68. The maximum absolute atomic E-state index is 9.32. The van der Waals surface area contributed by atoms with E-state index < -0.39 is 0 Å². The molecule has 0 saturated carbocycles. The normalized spacial score (nSPS) is 10.6. The molecule has 140 valence electrons. The van der Waals surface area contributed by atoms with E-state index in [1.165, 1.54) is 0 Å². The zero-order valence-corrected chi connectivity index (χ0v) is 15.9. The topological polar surface area (TPSA) is 84.8 Å². The maximum atomic E-state index is 9.32. The summed E-state index contributed by atoms with van der Waals surface area (Å²) in [5.41, 5.74) is 0.977. The van der Waals surface area contributed by atoms with Crippen LogP contribution in [0.1, 0.15) is 26.0 Å². The molecule has 0 unspecified atom stereocenters. The lowest BCUT2D eigenvalue weighted by Gasteiger charge is -2.14. The van der Waals surface area contributed by atoms with Crippen LogP contribution in [0.3, 0.4) is 0 Å². The average Bonchev–Trinajstić information content (AvgIpc) is 3.10. The zero-order valence-electron chi connectivity index (χ0n) is 15.9. The summed E-state index contributed by atoms with van der Waals surface area (Å²) in [6, 6.07) is 7.46. The van der Waals surface area contributed by atoms with Gasteiger partial charge in [0.2, 0.25) is 17.5 Å². The Bertz CT molecular complexity index is 748. The fourth-order valence-corrected chi connectivity index (χ4v) is 2.75. The molecule has 2 aromatic rings. The second-order valence-electron chi connectivity index (χ2n) is 5.87. The summed E-state index contributed by atoms with van der Waals surface area (Å²) in [7, 11) is 3.15. The van der Waals surface area contributed by atoms with E-state index in [1.807, 2.05) is 6.07 Å². The van der Waals surface area contributed by atoms with Crippen LogP contribution in [-0.4, -0.2) is 45.4 Å². The number of nitrogens with one attached hydrogen (secondary N) is 2. The van der Waals surface area contributed by atoms with E-state index in [4.69, 9.17) is 13.9 Å². The highest BCUT2D eigenvalue weighted by Gasteiger charge is 2.16. The molecule has 0 atom stereocenters. The van der Waals surface area contributed by atoms with E-state index in [0.717, 1.165) is 38.2 Å². The molecule has 2 N–H and O–H groups in total. The fourth-order valence-electron chi connectivity index (χ4n) is 2.75. The summed E-state index contributed by atoms with van der Waals surface area (Å²) >= 11 is 0. The molecular weight excluding hydrogens is 332 g/mol. The molecule has 1 heterocycles. The van der Waals surface area contributed by atoms with Crippen LogP contribution in [0.5, 0.6) is 11.5 Å². The minimum Gasteiger partial charge on any atom is -0.493 e. The van der Waals surface area contributed by atoms with Crippen molar-refractivity contribution in [2.45, 2.75) is 20.3 Å². The van der Waals surface area contributed by atoms with Gasteiger partial charge < -0.3 is 24.1 Å². The molecule has 0 aliphatic carbocycles. The lowest BCUT2D eigenvalue weighted by Crippen LogP contribution is -3.11. The number of oxazole rings is 1. The summed E-state index contributed by atoms with van der Waals surface area (Å²) in [5, 5.41) is 12.5. The van der Waals surface area contributed by atoms with Gasteiger partial charge in [-0.25, -0.2) is 0 Å². The van der Waals surface area contributed by atoms with Gasteiger partial charge in [0.15, 0.2) is 11.5 Å².